The molecule has 0 radical (unpaired) electrons. The maximum atomic E-state index is 14.4. The van der Waals surface area contributed by atoms with Crippen LogP contribution in [0.2, 0.25) is 0 Å². The molecule has 10 heteroatoms. The summed E-state index contributed by atoms with van der Waals surface area (Å²) in [7, 11) is -4.02. The van der Waals surface area contributed by atoms with Crippen molar-refractivity contribution in [2.45, 2.75) is 50.2 Å². The van der Waals surface area contributed by atoms with Gasteiger partial charge in [-0.1, -0.05) is 42.5 Å². The molecule has 2 aliphatic rings. The Bertz CT molecular complexity index is 841. The van der Waals surface area contributed by atoms with E-state index in [0.717, 1.165) is 25.3 Å². The first-order chi connectivity index (χ1) is 14.5. The van der Waals surface area contributed by atoms with Crippen LogP contribution >= 0.6 is 7.60 Å². The van der Waals surface area contributed by atoms with Gasteiger partial charge in [-0.2, -0.15) is 8.78 Å². The molecule has 3 rings (SSSR count). The monoisotopic (exact) mass is 458 g/mol. The van der Waals surface area contributed by atoms with Crippen molar-refractivity contribution in [2.75, 3.05) is 19.3 Å². The number of aliphatic hydroxyl groups is 1. The standard InChI is InChI=1S/C21H29F2N2O5P/c22-21(23,16-5-2-1-3-6-16)18(26)8-7-17-15-24-19(27)25(17)13-4-9-20(10-11-20)12-14-31(28,29)30/h1-3,5-8,17-18,26H,4,9-15H2,(H,24,27)(H2,28,29,30)/t17-,18?/m0/s1. The molecular formula is C21H29F2N2O5P. The zero-order valence-electron chi connectivity index (χ0n) is 17.2. The molecular weight excluding hydrogens is 429 g/mol. The number of benzene rings is 1. The van der Waals surface area contributed by atoms with Crippen LogP contribution in [0.15, 0.2) is 42.5 Å². The lowest BCUT2D eigenvalue weighted by Crippen LogP contribution is -2.35. The molecule has 1 aliphatic heterocycles. The molecule has 0 aromatic heterocycles. The maximum absolute atomic E-state index is 14.4. The molecule has 31 heavy (non-hydrogen) atoms. The molecule has 2 fully saturated rings. The number of hydrogen-bond donors (Lipinski definition) is 4. The zero-order valence-corrected chi connectivity index (χ0v) is 18.1. The molecule has 2 amide bonds. The van der Waals surface area contributed by atoms with E-state index < -0.39 is 25.7 Å². The predicted molar refractivity (Wildman–Crippen MR) is 112 cm³/mol. The molecule has 1 unspecified atom stereocenters. The molecule has 1 aliphatic carbocycles. The van der Waals surface area contributed by atoms with Gasteiger partial charge in [0.2, 0.25) is 0 Å². The highest BCUT2D eigenvalue weighted by atomic mass is 31.2. The number of rotatable bonds is 11. The van der Waals surface area contributed by atoms with E-state index in [-0.39, 0.29) is 29.7 Å². The minimum atomic E-state index is -4.02. The van der Waals surface area contributed by atoms with Crippen LogP contribution in [0.3, 0.4) is 0 Å². The van der Waals surface area contributed by atoms with E-state index in [9.17, 15) is 23.2 Å². The zero-order chi connectivity index (χ0) is 22.7. The smallest absolute Gasteiger partial charge is 0.325 e. The number of carbonyl (C=O) groups is 1. The quantitative estimate of drug-likeness (QED) is 0.301. The number of halogens is 2. The Balaban J connectivity index is 1.53. The van der Waals surface area contributed by atoms with Crippen LogP contribution in [-0.2, 0) is 10.5 Å². The number of aliphatic hydroxyl groups excluding tert-OH is 1. The number of alkyl halides is 2. The third kappa shape index (κ3) is 6.35. The van der Waals surface area contributed by atoms with E-state index in [1.54, 1.807) is 11.0 Å². The first kappa shape index (κ1) is 23.9. The highest BCUT2D eigenvalue weighted by Crippen LogP contribution is 2.55. The summed E-state index contributed by atoms with van der Waals surface area (Å²) in [5.41, 5.74) is -0.342. The van der Waals surface area contributed by atoms with Crippen molar-refractivity contribution in [1.29, 1.82) is 0 Å². The minimum Gasteiger partial charge on any atom is -0.382 e. The van der Waals surface area contributed by atoms with Crippen LogP contribution in [0.1, 0.15) is 37.7 Å². The number of amides is 2. The summed E-state index contributed by atoms with van der Waals surface area (Å²) in [6.07, 6.45) is 4.03. The van der Waals surface area contributed by atoms with Crippen LogP contribution in [0, 0.1) is 5.41 Å². The number of carbonyl (C=O) groups excluding carboxylic acids is 1. The third-order valence-corrected chi connectivity index (χ3v) is 6.97. The van der Waals surface area contributed by atoms with Gasteiger partial charge >= 0.3 is 19.5 Å². The van der Waals surface area contributed by atoms with Gasteiger partial charge in [0, 0.05) is 18.7 Å². The third-order valence-electron chi connectivity index (χ3n) is 6.17. The van der Waals surface area contributed by atoms with Gasteiger partial charge in [0.15, 0.2) is 0 Å². The lowest BCUT2D eigenvalue weighted by atomic mass is 9.97. The van der Waals surface area contributed by atoms with Gasteiger partial charge in [-0.05, 0) is 37.5 Å². The SMILES string of the molecule is O=C1NC[C@H](C=CC(O)C(F)(F)c2ccccc2)N1CCCC1(CCP(=O)(O)O)CC1. The van der Waals surface area contributed by atoms with Crippen LogP contribution in [0.25, 0.3) is 0 Å². The largest absolute Gasteiger partial charge is 0.382 e. The summed E-state index contributed by atoms with van der Waals surface area (Å²) >= 11 is 0. The summed E-state index contributed by atoms with van der Waals surface area (Å²) in [6, 6.07) is 6.35. The molecule has 4 N–H and O–H groups in total. The Morgan fingerprint density at radius 1 is 1.26 bits per heavy atom. The Kier molecular flexibility index (Phi) is 7.21. The molecule has 172 valence electrons. The lowest BCUT2D eigenvalue weighted by molar-refractivity contribution is -0.0929. The molecule has 1 aromatic carbocycles. The molecule has 1 saturated heterocycles. The second-order valence-corrected chi connectivity index (χ2v) is 10.3. The minimum absolute atomic E-state index is 0.0589. The Labute approximate surface area is 180 Å². The summed E-state index contributed by atoms with van der Waals surface area (Å²) in [6.45, 7) is 0.673. The highest BCUT2D eigenvalue weighted by molar-refractivity contribution is 7.51. The Morgan fingerprint density at radius 2 is 1.94 bits per heavy atom. The number of nitrogens with zero attached hydrogens (tertiary/aromatic N) is 1. The average molecular weight is 458 g/mol. The Morgan fingerprint density at radius 3 is 2.55 bits per heavy atom. The molecule has 1 saturated carbocycles. The normalized spacial score (nSPS) is 22.0. The fourth-order valence-electron chi connectivity index (χ4n) is 3.99. The summed E-state index contributed by atoms with van der Waals surface area (Å²) in [5.74, 6) is -3.45. The van der Waals surface area contributed by atoms with Gasteiger partial charge in [-0.15, -0.1) is 0 Å². The van der Waals surface area contributed by atoms with Gasteiger partial charge in [0.05, 0.1) is 12.2 Å². The second-order valence-electron chi connectivity index (χ2n) is 8.51. The van der Waals surface area contributed by atoms with E-state index >= 15 is 0 Å². The fraction of sp³-hybridized carbons (Fsp3) is 0.571. The molecule has 1 aromatic rings. The molecule has 0 spiro atoms. The number of hydrogen-bond acceptors (Lipinski definition) is 3. The molecule has 1 heterocycles. The van der Waals surface area contributed by atoms with E-state index in [2.05, 4.69) is 5.32 Å². The van der Waals surface area contributed by atoms with Crippen molar-refractivity contribution >= 4 is 13.6 Å². The Hall–Kier alpha value is -1.80. The first-order valence-electron chi connectivity index (χ1n) is 10.4. The first-order valence-corrected chi connectivity index (χ1v) is 12.2. The lowest BCUT2D eigenvalue weighted by Gasteiger charge is -2.24. The second kappa shape index (κ2) is 9.36. The molecule has 2 atom stereocenters. The summed E-state index contributed by atoms with van der Waals surface area (Å²) in [4.78, 5) is 31.8. The van der Waals surface area contributed by atoms with Gasteiger partial charge in [-0.3, -0.25) is 4.57 Å². The molecule has 0 bridgehead atoms. The topological polar surface area (TPSA) is 110 Å². The average Bonchev–Trinajstić information content (AvgIpc) is 3.42. The molecule has 7 nitrogen and oxygen atoms in total. The summed E-state index contributed by atoms with van der Waals surface area (Å²) < 4.78 is 40.0. The summed E-state index contributed by atoms with van der Waals surface area (Å²) in [5, 5.41) is 12.7. The number of urea groups is 1. The highest BCUT2D eigenvalue weighted by Gasteiger charge is 2.43. The van der Waals surface area contributed by atoms with E-state index in [1.165, 1.54) is 30.3 Å². The van der Waals surface area contributed by atoms with Crippen molar-refractivity contribution in [2.24, 2.45) is 5.41 Å². The van der Waals surface area contributed by atoms with Crippen molar-refractivity contribution in [3.05, 3.63) is 48.0 Å². The number of nitrogens with one attached hydrogen (secondary N) is 1. The van der Waals surface area contributed by atoms with E-state index in [0.29, 0.717) is 19.4 Å². The fourth-order valence-corrected chi connectivity index (χ4v) is 4.75. The van der Waals surface area contributed by atoms with Gasteiger partial charge < -0.3 is 25.1 Å². The van der Waals surface area contributed by atoms with Crippen molar-refractivity contribution < 1.29 is 33.0 Å². The van der Waals surface area contributed by atoms with Gasteiger partial charge in [0.25, 0.3) is 0 Å². The van der Waals surface area contributed by atoms with Crippen molar-refractivity contribution in [3.63, 3.8) is 0 Å². The van der Waals surface area contributed by atoms with Crippen LogP contribution < -0.4 is 5.32 Å². The van der Waals surface area contributed by atoms with Gasteiger partial charge in [-0.25, -0.2) is 4.79 Å². The van der Waals surface area contributed by atoms with Crippen LogP contribution in [0.5, 0.6) is 0 Å². The predicted octanol–water partition coefficient (Wildman–Crippen LogP) is 3.22. The van der Waals surface area contributed by atoms with E-state index in [4.69, 9.17) is 9.79 Å². The van der Waals surface area contributed by atoms with Crippen molar-refractivity contribution in [1.82, 2.24) is 10.2 Å². The van der Waals surface area contributed by atoms with E-state index in [1.807, 2.05) is 0 Å². The van der Waals surface area contributed by atoms with Gasteiger partial charge in [0.1, 0.15) is 6.10 Å². The maximum Gasteiger partial charge on any atom is 0.325 e. The van der Waals surface area contributed by atoms with Crippen molar-refractivity contribution in [3.8, 4) is 0 Å². The van der Waals surface area contributed by atoms with Crippen LogP contribution in [0.4, 0.5) is 13.6 Å². The van der Waals surface area contributed by atoms with Crippen LogP contribution in [-0.4, -0.2) is 57.2 Å².